The SMILES string of the molecule is CC[C@H](O)[C@@H](C)[C@H]1O[C@@H]1C[C@@](C)(O)/C=C/C=C(\C)[C@H]1OC(=O)C[C@H](O)CC[C@@](C)(OC)[C@@H](OC(=O)N2CCN(CCCCCCN3C(=O)C=CC3=O)[C@@H](CCC(=O)O)C2)/C=C/[C@@H]1C. The maximum absolute atomic E-state index is 14.0. The molecule has 0 spiro atoms. The number of epoxide rings is 1. The van der Waals surface area contributed by atoms with Crippen LogP contribution in [-0.4, -0.2) is 159 Å². The number of methoxy groups -OCH3 is 1. The number of aliphatic hydroxyl groups is 3. The van der Waals surface area contributed by atoms with Crippen molar-refractivity contribution in [1.29, 1.82) is 0 Å². The minimum Gasteiger partial charge on any atom is -0.481 e. The van der Waals surface area contributed by atoms with E-state index in [1.165, 1.54) is 24.2 Å². The summed E-state index contributed by atoms with van der Waals surface area (Å²) in [6.45, 7) is 13.3. The third-order valence-corrected chi connectivity index (χ3v) is 13.1. The molecule has 4 aliphatic rings. The van der Waals surface area contributed by atoms with Crippen LogP contribution in [0.15, 0.2) is 48.1 Å². The van der Waals surface area contributed by atoms with Crippen molar-refractivity contribution in [3.8, 4) is 0 Å². The molecule has 0 saturated carbocycles. The Morgan fingerprint density at radius 2 is 1.76 bits per heavy atom. The number of carbonyl (C=O) groups excluding carboxylic acids is 4. The Hall–Kier alpha value is -3.93. The van der Waals surface area contributed by atoms with Gasteiger partial charge in [-0.25, -0.2) is 4.79 Å². The molecule has 0 radical (unpaired) electrons. The van der Waals surface area contributed by atoms with Crippen molar-refractivity contribution in [3.05, 3.63) is 48.1 Å². The van der Waals surface area contributed by atoms with Gasteiger partial charge in [-0.05, 0) is 77.5 Å². The number of amides is 3. The van der Waals surface area contributed by atoms with Gasteiger partial charge in [0.1, 0.15) is 11.7 Å². The molecule has 4 N–H and O–H groups in total. The summed E-state index contributed by atoms with van der Waals surface area (Å²) < 4.78 is 23.9. The van der Waals surface area contributed by atoms with Gasteiger partial charge in [0.2, 0.25) is 0 Å². The fourth-order valence-corrected chi connectivity index (χ4v) is 8.70. The highest BCUT2D eigenvalue weighted by atomic mass is 16.6. The summed E-state index contributed by atoms with van der Waals surface area (Å²) >= 11 is 0. The summed E-state index contributed by atoms with van der Waals surface area (Å²) in [6, 6.07) is -0.213. The number of esters is 1. The second kappa shape index (κ2) is 23.8. The van der Waals surface area contributed by atoms with E-state index in [4.69, 9.17) is 18.9 Å². The van der Waals surface area contributed by atoms with Gasteiger partial charge in [-0.1, -0.05) is 57.9 Å². The van der Waals surface area contributed by atoms with E-state index < -0.39 is 59.6 Å². The van der Waals surface area contributed by atoms with Gasteiger partial charge in [0.25, 0.3) is 11.8 Å². The van der Waals surface area contributed by atoms with E-state index in [0.29, 0.717) is 57.4 Å². The van der Waals surface area contributed by atoms with Crippen molar-refractivity contribution < 1.29 is 63.3 Å². The Labute approximate surface area is 372 Å². The molecule has 4 aliphatic heterocycles. The molecule has 0 aromatic rings. The first-order valence-electron chi connectivity index (χ1n) is 22.7. The molecule has 63 heavy (non-hydrogen) atoms. The molecular formula is C47H73N3O13. The molecule has 4 rings (SSSR count). The topological polar surface area (TPSA) is 216 Å². The molecule has 0 unspecified atom stereocenters. The predicted octanol–water partition coefficient (Wildman–Crippen LogP) is 4.70. The summed E-state index contributed by atoms with van der Waals surface area (Å²) in [7, 11) is 1.51. The van der Waals surface area contributed by atoms with Crippen LogP contribution in [0.3, 0.4) is 0 Å². The number of ether oxygens (including phenoxy) is 4. The normalized spacial score (nSPS) is 31.2. The summed E-state index contributed by atoms with van der Waals surface area (Å²) in [5, 5.41) is 41.8. The lowest BCUT2D eigenvalue weighted by atomic mass is 9.88. The summed E-state index contributed by atoms with van der Waals surface area (Å²) in [5.74, 6) is -2.52. The zero-order chi connectivity index (χ0) is 46.5. The number of nitrogens with zero attached hydrogens (tertiary/aromatic N) is 3. The molecule has 3 amide bonds. The minimum absolute atomic E-state index is 0.0401. The van der Waals surface area contributed by atoms with Gasteiger partial charge in [-0.3, -0.25) is 29.0 Å². The fourth-order valence-electron chi connectivity index (χ4n) is 8.70. The smallest absolute Gasteiger partial charge is 0.410 e. The highest BCUT2D eigenvalue weighted by molar-refractivity contribution is 6.12. The molecule has 16 nitrogen and oxygen atoms in total. The van der Waals surface area contributed by atoms with Crippen molar-refractivity contribution >= 4 is 29.8 Å². The van der Waals surface area contributed by atoms with Gasteiger partial charge < -0.3 is 44.3 Å². The zero-order valence-corrected chi connectivity index (χ0v) is 38.4. The number of rotatable bonds is 20. The number of cyclic esters (lactones) is 1. The van der Waals surface area contributed by atoms with Gasteiger partial charge in [0.15, 0.2) is 6.10 Å². The third-order valence-electron chi connectivity index (χ3n) is 13.1. The van der Waals surface area contributed by atoms with Gasteiger partial charge in [0.05, 0.1) is 36.4 Å². The molecule has 354 valence electrons. The molecule has 0 aromatic carbocycles. The molecule has 0 aliphatic carbocycles. The molecule has 2 saturated heterocycles. The lowest BCUT2D eigenvalue weighted by Crippen LogP contribution is -2.56. The number of hydrogen-bond donors (Lipinski definition) is 4. The van der Waals surface area contributed by atoms with Crippen LogP contribution in [0.2, 0.25) is 0 Å². The molecule has 4 heterocycles. The highest BCUT2D eigenvalue weighted by Gasteiger charge is 2.47. The zero-order valence-electron chi connectivity index (χ0n) is 38.4. The quantitative estimate of drug-likeness (QED) is 0.0326. The van der Waals surface area contributed by atoms with E-state index >= 15 is 0 Å². The Morgan fingerprint density at radius 1 is 1.08 bits per heavy atom. The van der Waals surface area contributed by atoms with E-state index in [1.54, 1.807) is 43.1 Å². The monoisotopic (exact) mass is 888 g/mol. The Morgan fingerprint density at radius 3 is 2.41 bits per heavy atom. The van der Waals surface area contributed by atoms with Crippen LogP contribution in [0, 0.1) is 11.8 Å². The number of carboxylic acids is 1. The molecule has 11 atom stereocenters. The number of imide groups is 1. The fraction of sp³-hybridized carbons (Fsp3) is 0.723. The molecule has 16 heteroatoms. The maximum atomic E-state index is 14.0. The number of carbonyl (C=O) groups is 5. The van der Waals surface area contributed by atoms with E-state index in [-0.39, 0.29) is 68.2 Å². The van der Waals surface area contributed by atoms with Crippen LogP contribution in [-0.2, 0) is 38.1 Å². The lowest BCUT2D eigenvalue weighted by molar-refractivity contribution is -0.151. The van der Waals surface area contributed by atoms with Gasteiger partial charge >= 0.3 is 18.0 Å². The van der Waals surface area contributed by atoms with Gasteiger partial charge in [0, 0.05) is 76.2 Å². The average molecular weight is 888 g/mol. The van der Waals surface area contributed by atoms with E-state index in [9.17, 15) is 44.4 Å². The second-order valence-corrected chi connectivity index (χ2v) is 18.3. The van der Waals surface area contributed by atoms with Crippen molar-refractivity contribution in [2.45, 2.75) is 166 Å². The number of piperazine rings is 1. The van der Waals surface area contributed by atoms with Crippen molar-refractivity contribution in [2.75, 3.05) is 39.8 Å². The van der Waals surface area contributed by atoms with E-state index in [1.807, 2.05) is 33.8 Å². The molecular weight excluding hydrogens is 815 g/mol. The van der Waals surface area contributed by atoms with E-state index in [0.717, 1.165) is 19.3 Å². The lowest BCUT2D eigenvalue weighted by Gasteiger charge is -2.42. The van der Waals surface area contributed by atoms with Crippen LogP contribution in [0.1, 0.15) is 112 Å². The number of carboxylic acid groups (broad SMARTS) is 1. The Kier molecular flexibility index (Phi) is 19.6. The predicted molar refractivity (Wildman–Crippen MR) is 234 cm³/mol. The third kappa shape index (κ3) is 15.6. The van der Waals surface area contributed by atoms with Gasteiger partial charge in [-0.2, -0.15) is 0 Å². The first kappa shape index (κ1) is 51.7. The van der Waals surface area contributed by atoms with Crippen LogP contribution in [0.4, 0.5) is 4.79 Å². The van der Waals surface area contributed by atoms with Crippen LogP contribution in [0.25, 0.3) is 0 Å². The minimum atomic E-state index is -1.20. The summed E-state index contributed by atoms with van der Waals surface area (Å²) in [6.07, 6.45) is 11.9. The molecule has 0 bridgehead atoms. The number of unbranched alkanes of at least 4 members (excludes halogenated alkanes) is 3. The Balaban J connectivity index is 1.42. The number of aliphatic hydroxyl groups excluding tert-OH is 2. The highest BCUT2D eigenvalue weighted by Crippen LogP contribution is 2.38. The summed E-state index contributed by atoms with van der Waals surface area (Å²) in [4.78, 5) is 67.4. The Bertz CT molecular complexity index is 1680. The van der Waals surface area contributed by atoms with Crippen molar-refractivity contribution in [3.63, 3.8) is 0 Å². The van der Waals surface area contributed by atoms with Crippen molar-refractivity contribution in [1.82, 2.24) is 14.7 Å². The van der Waals surface area contributed by atoms with Crippen LogP contribution >= 0.6 is 0 Å². The van der Waals surface area contributed by atoms with Gasteiger partial charge in [-0.15, -0.1) is 0 Å². The standard InChI is InChI=1S/C47H73N3O13/c1-8-36(52)33(4)44-37(61-44)29-46(5,59)22-13-14-31(2)43-32(3)15-17-38(47(6,60-7)23-21-35(51)28-42(57)63-43)62-45(58)49-27-26-48(34(30-49)16-20-41(55)56)24-11-9-10-12-25-50-39(53)18-19-40(50)54/h13-15,17-19,22,32-38,43-44,51-52,59H,8-12,16,20-21,23-30H2,1-7H3,(H,55,56)/b17-15+,22-13+,31-14+/t32-,33+,34-,35+,36-,37+,38-,43+,44+,46-,47+/m0/s1. The first-order chi connectivity index (χ1) is 29.8. The van der Waals surface area contributed by atoms with Crippen LogP contribution < -0.4 is 0 Å². The molecule has 0 aromatic heterocycles. The largest absolute Gasteiger partial charge is 0.481 e. The van der Waals surface area contributed by atoms with E-state index in [2.05, 4.69) is 4.90 Å². The maximum Gasteiger partial charge on any atom is 0.410 e. The number of hydrogen-bond acceptors (Lipinski definition) is 13. The van der Waals surface area contributed by atoms with Crippen molar-refractivity contribution in [2.24, 2.45) is 11.8 Å². The molecule has 2 fully saturated rings. The van der Waals surface area contributed by atoms with Crippen LogP contribution in [0.5, 0.6) is 0 Å². The number of allylic oxidation sites excluding steroid dienone is 2. The second-order valence-electron chi connectivity index (χ2n) is 18.3. The summed E-state index contributed by atoms with van der Waals surface area (Å²) in [5.41, 5.74) is -1.60. The number of aliphatic carboxylic acids is 1. The average Bonchev–Trinajstić information content (AvgIpc) is 3.92. The first-order valence-corrected chi connectivity index (χ1v) is 22.7.